The van der Waals surface area contributed by atoms with E-state index in [1.807, 2.05) is 0 Å². The first-order valence-corrected chi connectivity index (χ1v) is 10.7. The summed E-state index contributed by atoms with van der Waals surface area (Å²) in [5.74, 6) is -0.574. The fourth-order valence-electron chi connectivity index (χ4n) is 3.98. The number of benzene rings is 1. The number of ether oxygens (including phenoxy) is 1. The number of hydrogen-bond acceptors (Lipinski definition) is 7. The Morgan fingerprint density at radius 3 is 2.81 bits per heavy atom. The number of primary amides is 1. The highest BCUT2D eigenvalue weighted by Gasteiger charge is 2.27. The zero-order valence-electron chi connectivity index (χ0n) is 18.0. The quantitative estimate of drug-likeness (QED) is 0.458. The molecule has 0 spiro atoms. The number of halogens is 1. The zero-order valence-corrected chi connectivity index (χ0v) is 18.0. The summed E-state index contributed by atoms with van der Waals surface area (Å²) in [5, 5.41) is 6.41. The molecule has 1 fully saturated rings. The zero-order chi connectivity index (χ0) is 22.7. The number of fused-ring (bicyclic) bond motifs is 1. The smallest absolute Gasteiger partial charge is 0.250 e. The predicted molar refractivity (Wildman–Crippen MR) is 120 cm³/mol. The van der Waals surface area contributed by atoms with Gasteiger partial charge in [0.05, 0.1) is 35.3 Å². The van der Waals surface area contributed by atoms with Crippen LogP contribution in [0.4, 0.5) is 15.9 Å². The standard InChI is InChI=1S/C22H28FN7O2/c1-32-11-10-29-13-15-17(27-29)7-8-19(21(15)23)30(28-18-5-3-2-4-16(18)24)20-9-6-14(12-26-20)22(25)31/h6-9,12-13,16,18,28H,2-5,10-11,24H2,1H3,(H2,25,31). The van der Waals surface area contributed by atoms with Gasteiger partial charge in [-0.25, -0.2) is 14.8 Å². The van der Waals surface area contributed by atoms with Crippen molar-refractivity contribution in [2.45, 2.75) is 44.3 Å². The third kappa shape index (κ3) is 4.57. The second-order valence-corrected chi connectivity index (χ2v) is 8.01. The Labute approximate surface area is 185 Å². The maximum absolute atomic E-state index is 15.7. The van der Waals surface area contributed by atoms with Crippen molar-refractivity contribution < 1.29 is 13.9 Å². The highest BCUT2D eigenvalue weighted by Crippen LogP contribution is 2.31. The van der Waals surface area contributed by atoms with Gasteiger partial charge in [0.2, 0.25) is 5.91 Å². The topological polar surface area (TPSA) is 124 Å². The first kappa shape index (κ1) is 22.1. The van der Waals surface area contributed by atoms with E-state index in [9.17, 15) is 4.79 Å². The van der Waals surface area contributed by atoms with Crippen molar-refractivity contribution >= 4 is 28.3 Å². The molecule has 2 heterocycles. The molecule has 2 aromatic heterocycles. The maximum atomic E-state index is 15.7. The molecule has 10 heteroatoms. The lowest BCUT2D eigenvalue weighted by atomic mass is 9.91. The minimum absolute atomic E-state index is 0.0408. The van der Waals surface area contributed by atoms with Crippen LogP contribution in [0.3, 0.4) is 0 Å². The number of hydrazine groups is 1. The lowest BCUT2D eigenvalue weighted by Crippen LogP contribution is -2.53. The van der Waals surface area contributed by atoms with Crippen LogP contribution in [0.25, 0.3) is 10.9 Å². The SMILES string of the molecule is COCCn1cc2c(F)c(N(NC3CCCCC3N)c3ccc(C(N)=O)cn3)ccc2n1. The van der Waals surface area contributed by atoms with Gasteiger partial charge >= 0.3 is 0 Å². The summed E-state index contributed by atoms with van der Waals surface area (Å²) in [6.07, 6.45) is 6.93. The summed E-state index contributed by atoms with van der Waals surface area (Å²) in [5.41, 5.74) is 16.2. The monoisotopic (exact) mass is 441 g/mol. The average molecular weight is 442 g/mol. The number of aromatic nitrogens is 3. The molecule has 0 aliphatic heterocycles. The van der Waals surface area contributed by atoms with Gasteiger partial charge in [-0.15, -0.1) is 0 Å². The van der Waals surface area contributed by atoms with E-state index in [1.54, 1.807) is 47.3 Å². The fraction of sp³-hybridized carbons (Fsp3) is 0.409. The number of nitrogens with zero attached hydrogens (tertiary/aromatic N) is 4. The van der Waals surface area contributed by atoms with Gasteiger partial charge in [0, 0.05) is 31.6 Å². The van der Waals surface area contributed by atoms with Crippen LogP contribution in [-0.4, -0.2) is 46.5 Å². The Morgan fingerprint density at radius 1 is 1.31 bits per heavy atom. The Balaban J connectivity index is 1.73. The predicted octanol–water partition coefficient (Wildman–Crippen LogP) is 2.23. The number of pyridine rings is 1. The number of carbonyl (C=O) groups excluding carboxylic acids is 1. The van der Waals surface area contributed by atoms with Crippen molar-refractivity contribution in [3.63, 3.8) is 0 Å². The van der Waals surface area contributed by atoms with Crippen LogP contribution >= 0.6 is 0 Å². The van der Waals surface area contributed by atoms with E-state index in [0.717, 1.165) is 25.7 Å². The molecule has 0 bridgehead atoms. The Morgan fingerprint density at radius 2 is 2.12 bits per heavy atom. The highest BCUT2D eigenvalue weighted by atomic mass is 19.1. The Hall–Kier alpha value is -3.08. The molecule has 1 saturated carbocycles. The summed E-state index contributed by atoms with van der Waals surface area (Å²) in [6.45, 7) is 1.00. The van der Waals surface area contributed by atoms with Crippen LogP contribution in [0.1, 0.15) is 36.0 Å². The van der Waals surface area contributed by atoms with Gasteiger partial charge in [-0.05, 0) is 37.1 Å². The van der Waals surface area contributed by atoms with E-state index in [0.29, 0.717) is 35.6 Å². The van der Waals surface area contributed by atoms with Gasteiger partial charge in [-0.1, -0.05) is 12.8 Å². The second kappa shape index (κ2) is 9.60. The molecule has 3 aromatic rings. The number of carbonyl (C=O) groups is 1. The van der Waals surface area contributed by atoms with Crippen LogP contribution < -0.4 is 21.9 Å². The molecule has 4 rings (SSSR count). The van der Waals surface area contributed by atoms with Crippen molar-refractivity contribution in [1.29, 1.82) is 0 Å². The van der Waals surface area contributed by atoms with Crippen LogP contribution in [0, 0.1) is 5.82 Å². The van der Waals surface area contributed by atoms with Crippen LogP contribution in [-0.2, 0) is 11.3 Å². The van der Waals surface area contributed by atoms with Crippen LogP contribution in [0.2, 0.25) is 0 Å². The van der Waals surface area contributed by atoms with E-state index in [1.165, 1.54) is 6.20 Å². The summed E-state index contributed by atoms with van der Waals surface area (Å²) in [6, 6.07) is 6.54. The Kier molecular flexibility index (Phi) is 6.63. The molecule has 1 aromatic carbocycles. The van der Waals surface area contributed by atoms with Gasteiger partial charge in [0.25, 0.3) is 0 Å². The molecule has 170 valence electrons. The lowest BCUT2D eigenvalue weighted by molar-refractivity contribution is 0.1000. The third-order valence-electron chi connectivity index (χ3n) is 5.79. The van der Waals surface area contributed by atoms with Gasteiger partial charge in [0.1, 0.15) is 5.82 Å². The summed E-state index contributed by atoms with van der Waals surface area (Å²) in [7, 11) is 1.61. The maximum Gasteiger partial charge on any atom is 0.250 e. The van der Waals surface area contributed by atoms with Crippen molar-refractivity contribution in [2.24, 2.45) is 11.5 Å². The molecule has 2 atom stereocenters. The number of methoxy groups -OCH3 is 1. The molecule has 0 radical (unpaired) electrons. The third-order valence-corrected chi connectivity index (χ3v) is 5.79. The molecular weight excluding hydrogens is 413 g/mol. The molecule has 5 N–H and O–H groups in total. The molecular formula is C22H28FN7O2. The molecule has 1 aliphatic carbocycles. The number of nitrogens with one attached hydrogen (secondary N) is 1. The number of anilines is 2. The Bertz CT molecular complexity index is 1090. The highest BCUT2D eigenvalue weighted by molar-refractivity contribution is 5.92. The normalized spacial score (nSPS) is 18.7. The largest absolute Gasteiger partial charge is 0.383 e. The van der Waals surface area contributed by atoms with E-state index in [2.05, 4.69) is 15.5 Å². The minimum atomic E-state index is -0.575. The molecule has 0 saturated heterocycles. The minimum Gasteiger partial charge on any atom is -0.383 e. The first-order valence-electron chi connectivity index (χ1n) is 10.7. The fourth-order valence-corrected chi connectivity index (χ4v) is 3.98. The average Bonchev–Trinajstić information content (AvgIpc) is 3.22. The number of amides is 1. The van der Waals surface area contributed by atoms with E-state index < -0.39 is 11.7 Å². The van der Waals surface area contributed by atoms with Gasteiger partial charge in [-0.3, -0.25) is 14.5 Å². The second-order valence-electron chi connectivity index (χ2n) is 8.01. The van der Waals surface area contributed by atoms with Gasteiger partial charge < -0.3 is 16.2 Å². The van der Waals surface area contributed by atoms with E-state index in [4.69, 9.17) is 16.2 Å². The summed E-state index contributed by atoms with van der Waals surface area (Å²) in [4.78, 5) is 15.8. The summed E-state index contributed by atoms with van der Waals surface area (Å²) >= 11 is 0. The molecule has 2 unspecified atom stereocenters. The number of hydrogen-bond donors (Lipinski definition) is 3. The van der Waals surface area contributed by atoms with Crippen LogP contribution in [0.15, 0.2) is 36.7 Å². The molecule has 9 nitrogen and oxygen atoms in total. The van der Waals surface area contributed by atoms with Crippen molar-refractivity contribution in [3.05, 3.63) is 48.0 Å². The number of rotatable bonds is 8. The molecule has 32 heavy (non-hydrogen) atoms. The van der Waals surface area contributed by atoms with Crippen molar-refractivity contribution in [2.75, 3.05) is 18.7 Å². The van der Waals surface area contributed by atoms with E-state index >= 15 is 4.39 Å². The summed E-state index contributed by atoms with van der Waals surface area (Å²) < 4.78 is 22.4. The van der Waals surface area contributed by atoms with Gasteiger partial charge in [-0.2, -0.15) is 5.10 Å². The number of nitrogens with two attached hydrogens (primary N) is 2. The van der Waals surface area contributed by atoms with Crippen molar-refractivity contribution in [1.82, 2.24) is 20.2 Å². The van der Waals surface area contributed by atoms with Crippen LogP contribution in [0.5, 0.6) is 0 Å². The van der Waals surface area contributed by atoms with Gasteiger partial charge in [0.15, 0.2) is 5.82 Å². The van der Waals surface area contributed by atoms with Crippen molar-refractivity contribution in [3.8, 4) is 0 Å². The first-order chi connectivity index (χ1) is 15.5. The van der Waals surface area contributed by atoms with E-state index in [-0.39, 0.29) is 17.6 Å². The molecule has 1 amide bonds. The molecule has 1 aliphatic rings. The lowest BCUT2D eigenvalue weighted by Gasteiger charge is -2.35.